The summed E-state index contributed by atoms with van der Waals surface area (Å²) in [5, 5.41) is 8.76. The number of nitrogens with zero attached hydrogens (tertiary/aromatic N) is 2. The van der Waals surface area contributed by atoms with Gasteiger partial charge in [0.2, 0.25) is 0 Å². The van der Waals surface area contributed by atoms with E-state index >= 15 is 0 Å². The van der Waals surface area contributed by atoms with E-state index in [9.17, 15) is 0 Å². The van der Waals surface area contributed by atoms with Gasteiger partial charge in [0.1, 0.15) is 5.54 Å². The molecule has 0 amide bonds. The van der Waals surface area contributed by atoms with E-state index in [2.05, 4.69) is 24.8 Å². The second kappa shape index (κ2) is 6.80. The minimum Gasteiger partial charge on any atom is -0.314 e. The second-order valence-corrected chi connectivity index (χ2v) is 4.07. The molecule has 0 fully saturated rings. The number of hydrogen-bond donors (Lipinski definition) is 1. The fourth-order valence-corrected chi connectivity index (χ4v) is 1.26. The van der Waals surface area contributed by atoms with Crippen LogP contribution in [0.1, 0.15) is 40.0 Å². The van der Waals surface area contributed by atoms with Crippen molar-refractivity contribution in [3.63, 3.8) is 0 Å². The second-order valence-electron chi connectivity index (χ2n) is 4.07. The highest BCUT2D eigenvalue weighted by Gasteiger charge is 2.17. The molecule has 0 aliphatic heterocycles. The van der Waals surface area contributed by atoms with Gasteiger partial charge in [-0.1, -0.05) is 20.3 Å². The van der Waals surface area contributed by atoms with Crippen molar-refractivity contribution in [1.29, 1.82) is 5.26 Å². The first-order chi connectivity index (χ1) is 6.55. The van der Waals surface area contributed by atoms with Gasteiger partial charge in [0.05, 0.1) is 6.07 Å². The average molecular weight is 197 g/mol. The minimum atomic E-state index is -0.667. The summed E-state index contributed by atoms with van der Waals surface area (Å²) in [6, 6.07) is 2.13. The molecule has 0 aromatic heterocycles. The lowest BCUT2D eigenvalue weighted by atomic mass is 10.0. The van der Waals surface area contributed by atoms with Crippen LogP contribution in [-0.4, -0.2) is 30.1 Å². The zero-order chi connectivity index (χ0) is 11.0. The van der Waals surface area contributed by atoms with Crippen LogP contribution in [-0.2, 0) is 0 Å². The van der Waals surface area contributed by atoms with Gasteiger partial charge < -0.3 is 10.6 Å². The fraction of sp³-hybridized carbons (Fsp3) is 0.909. The molecule has 0 bridgehead atoms. The van der Waals surface area contributed by atoms with Crippen molar-refractivity contribution in [3.05, 3.63) is 0 Å². The first kappa shape index (κ1) is 13.4. The summed E-state index contributed by atoms with van der Waals surface area (Å²) >= 11 is 0. The van der Waals surface area contributed by atoms with E-state index in [4.69, 9.17) is 11.0 Å². The molecule has 82 valence electrons. The van der Waals surface area contributed by atoms with Crippen LogP contribution in [0.2, 0.25) is 0 Å². The summed E-state index contributed by atoms with van der Waals surface area (Å²) < 4.78 is 0. The lowest BCUT2D eigenvalue weighted by Gasteiger charge is -2.23. The molecule has 0 rings (SSSR count). The van der Waals surface area contributed by atoms with Gasteiger partial charge in [-0.3, -0.25) is 0 Å². The number of nitriles is 1. The summed E-state index contributed by atoms with van der Waals surface area (Å²) in [7, 11) is 0. The molecule has 0 aliphatic carbocycles. The quantitative estimate of drug-likeness (QED) is 0.676. The van der Waals surface area contributed by atoms with E-state index in [1.807, 2.05) is 0 Å². The molecule has 0 aromatic rings. The fourth-order valence-electron chi connectivity index (χ4n) is 1.26. The average Bonchev–Trinajstić information content (AvgIpc) is 2.18. The number of nitrogens with two attached hydrogens (primary N) is 1. The van der Waals surface area contributed by atoms with Crippen LogP contribution < -0.4 is 5.73 Å². The maximum atomic E-state index is 8.76. The zero-order valence-corrected chi connectivity index (χ0v) is 9.71. The van der Waals surface area contributed by atoms with Gasteiger partial charge in [-0.2, -0.15) is 5.26 Å². The predicted octanol–water partition coefficient (Wildman–Crippen LogP) is 1.74. The molecule has 1 atom stereocenters. The van der Waals surface area contributed by atoms with E-state index in [0.29, 0.717) is 0 Å². The predicted molar refractivity (Wildman–Crippen MR) is 59.8 cm³/mol. The maximum absolute atomic E-state index is 8.76. The molecule has 14 heavy (non-hydrogen) atoms. The normalized spacial score (nSPS) is 15.1. The van der Waals surface area contributed by atoms with Crippen LogP contribution in [0.5, 0.6) is 0 Å². The third-order valence-corrected chi connectivity index (χ3v) is 2.48. The van der Waals surface area contributed by atoms with Gasteiger partial charge in [0, 0.05) is 6.54 Å². The highest BCUT2D eigenvalue weighted by molar-refractivity contribution is 5.01. The van der Waals surface area contributed by atoms with Gasteiger partial charge in [-0.15, -0.1) is 0 Å². The van der Waals surface area contributed by atoms with Crippen molar-refractivity contribution < 1.29 is 0 Å². The van der Waals surface area contributed by atoms with E-state index in [0.717, 1.165) is 26.1 Å². The Hall–Kier alpha value is -0.590. The molecule has 0 aliphatic rings. The number of rotatable bonds is 7. The third kappa shape index (κ3) is 5.95. The molecule has 0 radical (unpaired) electrons. The third-order valence-electron chi connectivity index (χ3n) is 2.48. The molecule has 0 saturated carbocycles. The number of hydrogen-bond acceptors (Lipinski definition) is 3. The molecule has 0 spiro atoms. The Kier molecular flexibility index (Phi) is 6.52. The van der Waals surface area contributed by atoms with Gasteiger partial charge >= 0.3 is 0 Å². The van der Waals surface area contributed by atoms with Crippen molar-refractivity contribution >= 4 is 0 Å². The van der Waals surface area contributed by atoms with Crippen molar-refractivity contribution in [2.45, 2.75) is 45.6 Å². The zero-order valence-electron chi connectivity index (χ0n) is 9.71. The van der Waals surface area contributed by atoms with Gasteiger partial charge in [0.15, 0.2) is 0 Å². The molecule has 3 nitrogen and oxygen atoms in total. The maximum Gasteiger partial charge on any atom is 0.102 e. The van der Waals surface area contributed by atoms with Crippen LogP contribution in [0.15, 0.2) is 0 Å². The Labute approximate surface area is 87.9 Å². The first-order valence-electron chi connectivity index (χ1n) is 5.48. The summed E-state index contributed by atoms with van der Waals surface area (Å²) in [6.07, 6.45) is 3.19. The molecular formula is C11H23N3. The largest absolute Gasteiger partial charge is 0.314 e. The summed E-state index contributed by atoms with van der Waals surface area (Å²) in [6.45, 7) is 9.22. The molecule has 2 N–H and O–H groups in total. The molecular weight excluding hydrogens is 174 g/mol. The van der Waals surface area contributed by atoms with E-state index in [-0.39, 0.29) is 0 Å². The lowest BCUT2D eigenvalue weighted by Crippen LogP contribution is -2.39. The topological polar surface area (TPSA) is 53.0 Å². The van der Waals surface area contributed by atoms with E-state index < -0.39 is 5.54 Å². The monoisotopic (exact) mass is 197 g/mol. The molecule has 0 saturated heterocycles. The molecule has 0 heterocycles. The minimum absolute atomic E-state index is 0.667. The van der Waals surface area contributed by atoms with E-state index in [1.165, 1.54) is 12.8 Å². The van der Waals surface area contributed by atoms with Crippen LogP contribution in [0.3, 0.4) is 0 Å². The van der Waals surface area contributed by atoms with Crippen LogP contribution in [0.25, 0.3) is 0 Å². The SMILES string of the molecule is CCCCN(CC)CCC(C)(N)C#N. The van der Waals surface area contributed by atoms with Gasteiger partial charge in [-0.05, 0) is 32.9 Å². The van der Waals surface area contributed by atoms with E-state index in [1.54, 1.807) is 6.92 Å². The standard InChI is InChI=1S/C11H23N3/c1-4-6-8-14(5-2)9-7-11(3,13)10-12/h4-9,13H2,1-3H3. The Balaban J connectivity index is 3.78. The van der Waals surface area contributed by atoms with Crippen LogP contribution >= 0.6 is 0 Å². The highest BCUT2D eigenvalue weighted by Crippen LogP contribution is 2.06. The Bertz CT molecular complexity index is 181. The molecule has 3 heteroatoms. The summed E-state index contributed by atoms with van der Waals surface area (Å²) in [4.78, 5) is 2.35. The molecule has 1 unspecified atom stereocenters. The van der Waals surface area contributed by atoms with Gasteiger partial charge in [0.25, 0.3) is 0 Å². The number of unbranched alkanes of at least 4 members (excludes halogenated alkanes) is 1. The molecule has 0 aromatic carbocycles. The Morgan fingerprint density at radius 3 is 2.43 bits per heavy atom. The van der Waals surface area contributed by atoms with Crippen LogP contribution in [0.4, 0.5) is 0 Å². The summed E-state index contributed by atoms with van der Waals surface area (Å²) in [5.74, 6) is 0. The Morgan fingerprint density at radius 2 is 2.00 bits per heavy atom. The van der Waals surface area contributed by atoms with Crippen LogP contribution in [0, 0.1) is 11.3 Å². The first-order valence-corrected chi connectivity index (χ1v) is 5.48. The van der Waals surface area contributed by atoms with Crippen molar-refractivity contribution in [2.24, 2.45) is 5.73 Å². The smallest absolute Gasteiger partial charge is 0.102 e. The highest BCUT2D eigenvalue weighted by atomic mass is 15.1. The van der Waals surface area contributed by atoms with Crippen molar-refractivity contribution in [2.75, 3.05) is 19.6 Å². The van der Waals surface area contributed by atoms with Gasteiger partial charge in [-0.25, -0.2) is 0 Å². The van der Waals surface area contributed by atoms with Crippen molar-refractivity contribution in [1.82, 2.24) is 4.90 Å². The Morgan fingerprint density at radius 1 is 1.36 bits per heavy atom. The van der Waals surface area contributed by atoms with Crippen molar-refractivity contribution in [3.8, 4) is 6.07 Å². The summed E-state index contributed by atoms with van der Waals surface area (Å²) in [5.41, 5.74) is 5.09. The lowest BCUT2D eigenvalue weighted by molar-refractivity contribution is 0.264.